The van der Waals surface area contributed by atoms with Crippen molar-refractivity contribution in [2.75, 3.05) is 30.9 Å². The number of hydrogen-bond acceptors (Lipinski definition) is 10. The van der Waals surface area contributed by atoms with Crippen LogP contribution in [0.3, 0.4) is 0 Å². The number of methoxy groups -OCH3 is 1. The van der Waals surface area contributed by atoms with Crippen molar-refractivity contribution in [3.05, 3.63) is 47.2 Å². The molecule has 1 aromatic heterocycles. The number of aromatic nitrogens is 2. The van der Waals surface area contributed by atoms with Gasteiger partial charge in [0.1, 0.15) is 22.6 Å². The summed E-state index contributed by atoms with van der Waals surface area (Å²) in [6.07, 6.45) is -1.92. The summed E-state index contributed by atoms with van der Waals surface area (Å²) in [6.45, 7) is 12.0. The Balaban J connectivity index is 1.85. The molecule has 1 saturated heterocycles. The monoisotopic (exact) mass is 591 g/mol. The molecule has 2 atom stereocenters. The van der Waals surface area contributed by atoms with E-state index in [-0.39, 0.29) is 40.7 Å². The number of amidine groups is 1. The van der Waals surface area contributed by atoms with Crippen LogP contribution in [0.25, 0.3) is 0 Å². The Bertz CT molecular complexity index is 1350. The number of benzene rings is 1. The van der Waals surface area contributed by atoms with Gasteiger partial charge >= 0.3 is 12.2 Å². The second-order valence-corrected chi connectivity index (χ2v) is 12.9. The molecule has 1 aromatic carbocycles. The molecule has 13 heteroatoms. The first-order valence-corrected chi connectivity index (χ1v) is 14.1. The van der Waals surface area contributed by atoms with E-state index in [0.29, 0.717) is 12.3 Å². The van der Waals surface area contributed by atoms with Gasteiger partial charge in [-0.15, -0.1) is 0 Å². The van der Waals surface area contributed by atoms with E-state index in [0.717, 1.165) is 4.90 Å². The molecular weight excluding hydrogens is 556 g/mol. The van der Waals surface area contributed by atoms with Gasteiger partial charge in [-0.25, -0.2) is 24.0 Å². The molecule has 0 bridgehead atoms. The van der Waals surface area contributed by atoms with Crippen LogP contribution in [0.5, 0.6) is 5.88 Å². The summed E-state index contributed by atoms with van der Waals surface area (Å²) >= 11 is 1.17. The van der Waals surface area contributed by atoms with Gasteiger partial charge in [-0.1, -0.05) is 30.0 Å². The summed E-state index contributed by atoms with van der Waals surface area (Å²) in [5.74, 6) is -1.09. The summed E-state index contributed by atoms with van der Waals surface area (Å²) < 4.78 is 46.1. The number of aryl methyl sites for hydroxylation is 1. The van der Waals surface area contributed by atoms with E-state index in [1.807, 2.05) is 0 Å². The number of imide groups is 1. The van der Waals surface area contributed by atoms with Crippen LogP contribution in [-0.4, -0.2) is 69.4 Å². The molecule has 0 N–H and O–H groups in total. The minimum absolute atomic E-state index is 0.0173. The van der Waals surface area contributed by atoms with Gasteiger partial charge in [-0.2, -0.15) is 14.3 Å². The Labute approximate surface area is 242 Å². The first kappa shape index (κ1) is 30.5. The van der Waals surface area contributed by atoms with Crippen molar-refractivity contribution in [2.24, 2.45) is 10.9 Å². The standard InChI is InChI=1S/C28H35F2N5O5S/c1-16-20(30)21(38-8)32-22(31-16)34-13-17-14-41-23(33-28(17,15-34)18-11-9-10-12-19(18)29)35(24(36)39-26(2,3)4)25(37)40-27(5,6)7/h9-12,17H,13-15H2,1-8H3/t17-,28-/m0/s1. The number of aliphatic imine (C=N–C) groups is 1. The molecule has 0 aliphatic carbocycles. The van der Waals surface area contributed by atoms with Crippen LogP contribution in [0.1, 0.15) is 52.8 Å². The van der Waals surface area contributed by atoms with Crippen LogP contribution in [0.15, 0.2) is 29.3 Å². The summed E-state index contributed by atoms with van der Waals surface area (Å²) in [5.41, 5.74) is -2.69. The van der Waals surface area contributed by atoms with Gasteiger partial charge in [0.2, 0.25) is 11.8 Å². The lowest BCUT2D eigenvalue weighted by Gasteiger charge is -2.37. The zero-order valence-corrected chi connectivity index (χ0v) is 25.3. The van der Waals surface area contributed by atoms with Gasteiger partial charge in [-0.3, -0.25) is 0 Å². The number of carbonyl (C=O) groups is 2. The van der Waals surface area contributed by atoms with E-state index in [1.165, 1.54) is 31.9 Å². The van der Waals surface area contributed by atoms with Crippen molar-refractivity contribution in [2.45, 2.75) is 65.2 Å². The third-order valence-corrected chi connectivity index (χ3v) is 7.49. The fraction of sp³-hybridized carbons (Fsp3) is 0.536. The molecule has 0 spiro atoms. The van der Waals surface area contributed by atoms with E-state index in [9.17, 15) is 14.0 Å². The normalized spacial score (nSPS) is 20.7. The molecule has 0 saturated carbocycles. The molecule has 1 fully saturated rings. The Hall–Kier alpha value is -3.48. The zero-order valence-electron chi connectivity index (χ0n) is 24.4. The van der Waals surface area contributed by atoms with Crippen LogP contribution in [0.4, 0.5) is 24.3 Å². The molecule has 41 heavy (non-hydrogen) atoms. The van der Waals surface area contributed by atoms with Gasteiger partial charge in [0.05, 0.1) is 19.3 Å². The molecule has 10 nitrogen and oxygen atoms in total. The van der Waals surface area contributed by atoms with Gasteiger partial charge in [0.15, 0.2) is 5.17 Å². The average molecular weight is 592 g/mol. The van der Waals surface area contributed by atoms with Crippen LogP contribution in [0.2, 0.25) is 0 Å². The summed E-state index contributed by atoms with van der Waals surface area (Å²) in [6, 6.07) is 6.24. The number of hydrogen-bond donors (Lipinski definition) is 0. The number of carbonyl (C=O) groups excluding carboxylic acids is 2. The van der Waals surface area contributed by atoms with Crippen molar-refractivity contribution in [1.29, 1.82) is 0 Å². The lowest BCUT2D eigenvalue weighted by molar-refractivity contribution is 0.0150. The number of thioether (sulfide) groups is 1. The Morgan fingerprint density at radius 2 is 1.66 bits per heavy atom. The highest BCUT2D eigenvalue weighted by atomic mass is 32.2. The predicted octanol–water partition coefficient (Wildman–Crippen LogP) is 5.68. The second kappa shape index (κ2) is 11.1. The zero-order chi connectivity index (χ0) is 30.3. The van der Waals surface area contributed by atoms with Crippen molar-refractivity contribution in [3.63, 3.8) is 0 Å². The minimum Gasteiger partial charge on any atom is -0.479 e. The van der Waals surface area contributed by atoms with Crippen LogP contribution >= 0.6 is 11.8 Å². The van der Waals surface area contributed by atoms with Gasteiger partial charge < -0.3 is 19.1 Å². The number of amides is 2. The highest BCUT2D eigenvalue weighted by Gasteiger charge is 2.54. The molecule has 4 rings (SSSR count). The van der Waals surface area contributed by atoms with Crippen LogP contribution in [-0.2, 0) is 15.0 Å². The molecule has 0 radical (unpaired) electrons. The third-order valence-electron chi connectivity index (χ3n) is 6.39. The van der Waals surface area contributed by atoms with Crippen molar-refractivity contribution < 1.29 is 32.6 Å². The molecule has 2 aliphatic rings. The van der Waals surface area contributed by atoms with Crippen molar-refractivity contribution in [1.82, 2.24) is 14.9 Å². The van der Waals surface area contributed by atoms with Crippen LogP contribution in [0, 0.1) is 24.5 Å². The van der Waals surface area contributed by atoms with E-state index in [2.05, 4.69) is 9.97 Å². The molecule has 3 heterocycles. The predicted molar refractivity (Wildman–Crippen MR) is 151 cm³/mol. The summed E-state index contributed by atoms with van der Waals surface area (Å²) in [5, 5.41) is 0.0173. The Morgan fingerprint density at radius 1 is 1.05 bits per heavy atom. The third kappa shape index (κ3) is 6.39. The van der Waals surface area contributed by atoms with Gasteiger partial charge in [0.25, 0.3) is 5.88 Å². The molecule has 2 aliphatic heterocycles. The number of anilines is 1. The Kier molecular flexibility index (Phi) is 8.23. The lowest BCUT2D eigenvalue weighted by Crippen LogP contribution is -2.49. The molecule has 222 valence electrons. The molecule has 2 aromatic rings. The highest BCUT2D eigenvalue weighted by Crippen LogP contribution is 2.48. The first-order valence-electron chi connectivity index (χ1n) is 13.1. The first-order chi connectivity index (χ1) is 19.0. The van der Waals surface area contributed by atoms with Crippen molar-refractivity contribution in [3.8, 4) is 5.88 Å². The molecule has 0 unspecified atom stereocenters. The number of fused-ring (bicyclic) bond motifs is 1. The number of rotatable bonds is 3. The lowest BCUT2D eigenvalue weighted by atomic mass is 9.81. The van der Waals surface area contributed by atoms with Crippen LogP contribution < -0.4 is 9.64 Å². The van der Waals surface area contributed by atoms with Crippen molar-refractivity contribution >= 4 is 35.1 Å². The number of halogens is 2. The molecular formula is C28H35F2N5O5S. The van der Waals surface area contributed by atoms with E-state index < -0.39 is 40.6 Å². The second-order valence-electron chi connectivity index (χ2n) is 11.9. The SMILES string of the molecule is COc1nc(N2C[C@H]3CSC(N(C(=O)OC(C)(C)C)C(=O)OC(C)(C)C)=N[C@@]3(c3ccccc3F)C2)nc(C)c1F. The topological polar surface area (TPSA) is 106 Å². The van der Waals surface area contributed by atoms with E-state index in [1.54, 1.807) is 64.6 Å². The number of ether oxygens (including phenoxy) is 3. The quantitative estimate of drug-likeness (QED) is 0.446. The minimum atomic E-state index is -1.24. The fourth-order valence-electron chi connectivity index (χ4n) is 4.68. The van der Waals surface area contributed by atoms with E-state index in [4.69, 9.17) is 19.2 Å². The van der Waals surface area contributed by atoms with E-state index >= 15 is 4.39 Å². The summed E-state index contributed by atoms with van der Waals surface area (Å²) in [4.78, 5) is 42.8. The smallest absolute Gasteiger partial charge is 0.426 e. The maximum atomic E-state index is 15.5. The highest BCUT2D eigenvalue weighted by molar-refractivity contribution is 8.13. The van der Waals surface area contributed by atoms with Gasteiger partial charge in [-0.05, 0) is 54.5 Å². The molecule has 2 amide bonds. The summed E-state index contributed by atoms with van der Waals surface area (Å²) in [7, 11) is 1.31. The average Bonchev–Trinajstić information content (AvgIpc) is 3.23. The van der Waals surface area contributed by atoms with Gasteiger partial charge in [0, 0.05) is 23.8 Å². The number of nitrogens with zero attached hydrogens (tertiary/aromatic N) is 5. The largest absolute Gasteiger partial charge is 0.479 e. The Morgan fingerprint density at radius 3 is 2.22 bits per heavy atom. The maximum absolute atomic E-state index is 15.5. The maximum Gasteiger partial charge on any atom is 0.426 e. The fourth-order valence-corrected chi connectivity index (χ4v) is 5.92.